The van der Waals surface area contributed by atoms with Gasteiger partial charge in [-0.25, -0.2) is 9.97 Å². The van der Waals surface area contributed by atoms with E-state index in [1.165, 1.54) is 0 Å². The highest BCUT2D eigenvalue weighted by atomic mass is 32.1. The molecule has 1 saturated heterocycles. The number of hydrogen-bond donors (Lipinski definition) is 0. The van der Waals surface area contributed by atoms with Crippen molar-refractivity contribution in [3.63, 3.8) is 0 Å². The first-order valence-corrected chi connectivity index (χ1v) is 8.46. The zero-order chi connectivity index (χ0) is 15.5. The highest BCUT2D eigenvalue weighted by Crippen LogP contribution is 2.22. The van der Waals surface area contributed by atoms with Crippen LogP contribution >= 0.6 is 11.3 Å². The quantitative estimate of drug-likeness (QED) is 0.868. The number of thiazole rings is 1. The third kappa shape index (κ3) is 3.14. The first-order valence-electron chi connectivity index (χ1n) is 7.58. The Morgan fingerprint density at radius 3 is 2.86 bits per heavy atom. The molecule has 1 aliphatic rings. The minimum atomic E-state index is -0.198. The molecule has 3 heterocycles. The molecule has 1 atom stereocenters. The van der Waals surface area contributed by atoms with E-state index in [0.29, 0.717) is 0 Å². The molecule has 1 fully saturated rings. The molecule has 0 N–H and O–H groups in total. The zero-order valence-corrected chi connectivity index (χ0v) is 13.8. The van der Waals surface area contributed by atoms with E-state index in [1.807, 2.05) is 29.5 Å². The molecule has 7 heteroatoms. The third-order valence-corrected chi connectivity index (χ3v) is 5.03. The summed E-state index contributed by atoms with van der Waals surface area (Å²) in [7, 11) is 0. The lowest BCUT2D eigenvalue weighted by atomic mass is 10.2. The maximum atomic E-state index is 12.6. The molecule has 1 amide bonds. The first kappa shape index (κ1) is 15.0. The lowest BCUT2D eigenvalue weighted by Crippen LogP contribution is -2.38. The average Bonchev–Trinajstić information content (AvgIpc) is 3.13. The Morgan fingerprint density at radius 1 is 1.32 bits per heavy atom. The lowest BCUT2D eigenvalue weighted by Gasteiger charge is -2.25. The summed E-state index contributed by atoms with van der Waals surface area (Å²) in [5, 5.41) is 3.14. The molecular weight excluding hydrogens is 298 g/mol. The Bertz CT molecular complexity index is 624. The van der Waals surface area contributed by atoms with Crippen molar-refractivity contribution in [2.75, 3.05) is 31.1 Å². The number of nitrogens with zero attached hydrogens (tertiary/aromatic N) is 5. The van der Waals surface area contributed by atoms with Crippen LogP contribution in [-0.4, -0.2) is 51.5 Å². The second-order valence-corrected chi connectivity index (χ2v) is 6.46. The van der Waals surface area contributed by atoms with Gasteiger partial charge in [0, 0.05) is 44.0 Å². The van der Waals surface area contributed by atoms with Gasteiger partial charge in [0.05, 0.1) is 12.0 Å². The van der Waals surface area contributed by atoms with Crippen LogP contribution in [0.15, 0.2) is 24.1 Å². The van der Waals surface area contributed by atoms with E-state index < -0.39 is 0 Å². The summed E-state index contributed by atoms with van der Waals surface area (Å²) >= 11 is 1.68. The minimum Gasteiger partial charge on any atom is -0.346 e. The van der Waals surface area contributed by atoms with Crippen molar-refractivity contribution in [3.8, 4) is 0 Å². The first-order chi connectivity index (χ1) is 10.6. The second-order valence-electron chi connectivity index (χ2n) is 5.62. The summed E-state index contributed by atoms with van der Waals surface area (Å²) in [6.07, 6.45) is 6.22. The zero-order valence-electron chi connectivity index (χ0n) is 13.0. The van der Waals surface area contributed by atoms with Gasteiger partial charge in [-0.3, -0.25) is 4.79 Å². The van der Waals surface area contributed by atoms with Crippen LogP contribution in [0.25, 0.3) is 0 Å². The predicted molar refractivity (Wildman–Crippen MR) is 87.2 cm³/mol. The molecule has 0 aliphatic carbocycles. The van der Waals surface area contributed by atoms with Crippen LogP contribution in [0, 0.1) is 6.92 Å². The summed E-state index contributed by atoms with van der Waals surface area (Å²) < 4.78 is 1.86. The highest BCUT2D eigenvalue weighted by molar-refractivity contribution is 7.13. The van der Waals surface area contributed by atoms with Gasteiger partial charge in [0.2, 0.25) is 5.91 Å². The van der Waals surface area contributed by atoms with E-state index in [-0.39, 0.29) is 11.9 Å². The number of hydrogen-bond acceptors (Lipinski definition) is 5. The molecule has 0 bridgehead atoms. The monoisotopic (exact) mass is 319 g/mol. The Labute approximate surface area is 134 Å². The van der Waals surface area contributed by atoms with Crippen molar-refractivity contribution in [1.29, 1.82) is 0 Å². The number of anilines is 1. The van der Waals surface area contributed by atoms with E-state index in [1.54, 1.807) is 23.9 Å². The average molecular weight is 319 g/mol. The van der Waals surface area contributed by atoms with Crippen LogP contribution in [0.3, 0.4) is 0 Å². The Hall–Kier alpha value is -1.89. The molecule has 3 rings (SSSR count). The molecule has 0 aromatic carbocycles. The van der Waals surface area contributed by atoms with Crippen LogP contribution in [0.4, 0.5) is 5.13 Å². The molecule has 6 nitrogen and oxygen atoms in total. The van der Waals surface area contributed by atoms with Gasteiger partial charge in [0.25, 0.3) is 0 Å². The van der Waals surface area contributed by atoms with Gasteiger partial charge in [-0.1, -0.05) is 0 Å². The molecule has 0 unspecified atom stereocenters. The second kappa shape index (κ2) is 6.48. The van der Waals surface area contributed by atoms with Crippen molar-refractivity contribution in [1.82, 2.24) is 19.4 Å². The number of aryl methyl sites for hydroxylation is 1. The molecule has 2 aromatic rings. The summed E-state index contributed by atoms with van der Waals surface area (Å²) in [6.45, 7) is 7.29. The highest BCUT2D eigenvalue weighted by Gasteiger charge is 2.24. The number of imidazole rings is 1. The molecule has 2 aromatic heterocycles. The standard InChI is InChI=1S/C15H21N5OS/c1-12-10-22-15(17-12)19-6-3-5-18(8-9-19)14(21)13(2)20-7-4-16-11-20/h4,7,10-11,13H,3,5-6,8-9H2,1-2H3/t13-/m0/s1. The van der Waals surface area contributed by atoms with Crippen LogP contribution in [0.5, 0.6) is 0 Å². The van der Waals surface area contributed by atoms with Crippen LogP contribution in [0.2, 0.25) is 0 Å². The maximum Gasteiger partial charge on any atom is 0.245 e. The van der Waals surface area contributed by atoms with Gasteiger partial charge in [0.1, 0.15) is 6.04 Å². The van der Waals surface area contributed by atoms with Crippen LogP contribution in [-0.2, 0) is 4.79 Å². The van der Waals surface area contributed by atoms with E-state index in [4.69, 9.17) is 0 Å². The van der Waals surface area contributed by atoms with Crippen molar-refractivity contribution in [3.05, 3.63) is 29.8 Å². The normalized spacial score (nSPS) is 17.4. The Kier molecular flexibility index (Phi) is 4.42. The summed E-state index contributed by atoms with van der Waals surface area (Å²) in [6, 6.07) is -0.198. The molecule has 0 radical (unpaired) electrons. The van der Waals surface area contributed by atoms with E-state index in [2.05, 4.69) is 20.2 Å². The Balaban J connectivity index is 1.63. The van der Waals surface area contributed by atoms with E-state index in [9.17, 15) is 4.79 Å². The SMILES string of the molecule is Cc1csc(N2CCCN(C(=O)[C@H](C)n3ccnc3)CC2)n1. The fraction of sp³-hybridized carbons (Fsp3) is 0.533. The molecule has 0 saturated carbocycles. The lowest BCUT2D eigenvalue weighted by molar-refractivity contribution is -0.134. The van der Waals surface area contributed by atoms with Crippen LogP contribution in [0.1, 0.15) is 25.1 Å². The van der Waals surface area contributed by atoms with Gasteiger partial charge in [-0.05, 0) is 20.3 Å². The van der Waals surface area contributed by atoms with Gasteiger partial charge in [-0.2, -0.15) is 0 Å². The fourth-order valence-electron chi connectivity index (χ4n) is 2.71. The third-order valence-electron chi connectivity index (χ3n) is 4.01. The van der Waals surface area contributed by atoms with Gasteiger partial charge >= 0.3 is 0 Å². The predicted octanol–water partition coefficient (Wildman–Crippen LogP) is 1.95. The topological polar surface area (TPSA) is 54.3 Å². The summed E-state index contributed by atoms with van der Waals surface area (Å²) in [5.41, 5.74) is 1.06. The largest absolute Gasteiger partial charge is 0.346 e. The number of rotatable bonds is 3. The molecule has 0 spiro atoms. The smallest absolute Gasteiger partial charge is 0.245 e. The van der Waals surface area contributed by atoms with Crippen molar-refractivity contribution < 1.29 is 4.79 Å². The van der Waals surface area contributed by atoms with E-state index >= 15 is 0 Å². The number of amides is 1. The summed E-state index contributed by atoms with van der Waals surface area (Å²) in [4.78, 5) is 25.5. The van der Waals surface area contributed by atoms with Gasteiger partial charge in [-0.15, -0.1) is 11.3 Å². The van der Waals surface area contributed by atoms with Gasteiger partial charge < -0.3 is 14.4 Å². The van der Waals surface area contributed by atoms with Crippen molar-refractivity contribution >= 4 is 22.4 Å². The Morgan fingerprint density at radius 2 is 2.18 bits per heavy atom. The maximum absolute atomic E-state index is 12.6. The van der Waals surface area contributed by atoms with E-state index in [0.717, 1.165) is 43.4 Å². The fourth-order valence-corrected chi connectivity index (χ4v) is 3.56. The summed E-state index contributed by atoms with van der Waals surface area (Å²) in [5.74, 6) is 0.162. The molecule has 118 valence electrons. The van der Waals surface area contributed by atoms with Crippen LogP contribution < -0.4 is 4.90 Å². The van der Waals surface area contributed by atoms with Crippen molar-refractivity contribution in [2.45, 2.75) is 26.3 Å². The van der Waals surface area contributed by atoms with Crippen molar-refractivity contribution in [2.24, 2.45) is 0 Å². The number of carbonyl (C=O) groups excluding carboxylic acids is 1. The molecule has 22 heavy (non-hydrogen) atoms. The minimum absolute atomic E-state index is 0.162. The number of carbonyl (C=O) groups is 1. The molecule has 1 aliphatic heterocycles. The van der Waals surface area contributed by atoms with Gasteiger partial charge in [0.15, 0.2) is 5.13 Å². The molecular formula is C15H21N5OS. The number of aromatic nitrogens is 3.